The predicted molar refractivity (Wildman–Crippen MR) is 39.5 cm³/mol. The summed E-state index contributed by atoms with van der Waals surface area (Å²) in [6.07, 6.45) is 11.8. The van der Waals surface area contributed by atoms with Gasteiger partial charge in [-0.2, -0.15) is 0 Å². The van der Waals surface area contributed by atoms with Crippen molar-refractivity contribution in [2.75, 3.05) is 0 Å². The van der Waals surface area contributed by atoms with Crippen molar-refractivity contribution in [1.82, 2.24) is 0 Å². The van der Waals surface area contributed by atoms with E-state index in [-0.39, 0.29) is 18.0 Å². The van der Waals surface area contributed by atoms with E-state index in [0.717, 1.165) is 0 Å². The average molecular weight is 147 g/mol. The summed E-state index contributed by atoms with van der Waals surface area (Å²) in [5.74, 6) is -0.177. The molecule has 1 aliphatic carbocycles. The van der Waals surface area contributed by atoms with Crippen LogP contribution >= 0.6 is 0 Å². The Bertz CT molecular complexity index is 261. The Balaban J connectivity index is 2.26. The number of allylic oxidation sites excluding steroid dienone is 2. The normalized spacial score (nSPS) is 33.3. The summed E-state index contributed by atoms with van der Waals surface area (Å²) < 4.78 is 4.97. The largest absolute Gasteiger partial charge is 0.454 e. The van der Waals surface area contributed by atoms with Crippen molar-refractivity contribution in [2.45, 2.75) is 6.10 Å². The summed E-state index contributed by atoms with van der Waals surface area (Å²) >= 11 is 0. The molecule has 0 fully saturated rings. The molecule has 0 N–H and O–H groups in total. The van der Waals surface area contributed by atoms with E-state index in [1.54, 1.807) is 6.08 Å². The number of hydrogen-bond donors (Lipinski definition) is 0. The second-order valence-electron chi connectivity index (χ2n) is 2.53. The Morgan fingerprint density at radius 1 is 1.36 bits per heavy atom. The van der Waals surface area contributed by atoms with Crippen LogP contribution in [0.25, 0.3) is 0 Å². The third kappa shape index (κ3) is 1.11. The molecule has 55 valence electrons. The fourth-order valence-corrected chi connectivity index (χ4v) is 1.19. The van der Waals surface area contributed by atoms with Gasteiger partial charge in [0.15, 0.2) is 0 Å². The molecule has 2 aliphatic rings. The number of fused-ring (bicyclic) bond motifs is 1. The zero-order valence-corrected chi connectivity index (χ0v) is 5.86. The van der Waals surface area contributed by atoms with E-state index in [1.807, 2.05) is 24.3 Å². The summed E-state index contributed by atoms with van der Waals surface area (Å²) in [5.41, 5.74) is 0. The van der Waals surface area contributed by atoms with Gasteiger partial charge in [-0.3, -0.25) is 0 Å². The molecule has 0 spiro atoms. The summed E-state index contributed by atoms with van der Waals surface area (Å²) in [4.78, 5) is 10.7. The van der Waals surface area contributed by atoms with Crippen molar-refractivity contribution in [3.05, 3.63) is 36.5 Å². The van der Waals surface area contributed by atoms with E-state index >= 15 is 0 Å². The molecule has 2 heteroatoms. The first-order valence-electron chi connectivity index (χ1n) is 3.52. The van der Waals surface area contributed by atoms with Crippen LogP contribution in [0, 0.1) is 12.0 Å². The smallest absolute Gasteiger partial charge is 0.339 e. The summed E-state index contributed by atoms with van der Waals surface area (Å²) in [7, 11) is 0. The molecule has 1 heterocycles. The first-order valence-corrected chi connectivity index (χ1v) is 3.52. The highest BCUT2D eigenvalue weighted by Gasteiger charge is 2.23. The zero-order valence-electron chi connectivity index (χ0n) is 5.86. The molecular formula is C9H7O2. The Labute approximate surface area is 64.9 Å². The van der Waals surface area contributed by atoms with Crippen LogP contribution in [-0.4, -0.2) is 12.1 Å². The van der Waals surface area contributed by atoms with Crippen molar-refractivity contribution in [2.24, 2.45) is 5.92 Å². The maximum absolute atomic E-state index is 10.7. The van der Waals surface area contributed by atoms with Crippen molar-refractivity contribution in [1.29, 1.82) is 0 Å². The molecule has 0 amide bonds. The first kappa shape index (κ1) is 6.40. The maximum Gasteiger partial charge on any atom is 0.339 e. The van der Waals surface area contributed by atoms with Gasteiger partial charge in [-0.25, -0.2) is 4.79 Å². The zero-order chi connectivity index (χ0) is 7.68. The second-order valence-corrected chi connectivity index (χ2v) is 2.53. The van der Waals surface area contributed by atoms with Gasteiger partial charge in [-0.05, 0) is 6.08 Å². The van der Waals surface area contributed by atoms with Crippen molar-refractivity contribution >= 4 is 5.97 Å². The van der Waals surface area contributed by atoms with Gasteiger partial charge in [-0.1, -0.05) is 24.3 Å². The molecule has 2 unspecified atom stereocenters. The monoisotopic (exact) mass is 147 g/mol. The molecule has 1 aliphatic heterocycles. The number of ether oxygens (including phenoxy) is 1. The lowest BCUT2D eigenvalue weighted by molar-refractivity contribution is -0.144. The maximum atomic E-state index is 10.7. The molecule has 0 aromatic heterocycles. The highest BCUT2D eigenvalue weighted by molar-refractivity contribution is 5.79. The summed E-state index contributed by atoms with van der Waals surface area (Å²) in [6.45, 7) is 0. The van der Waals surface area contributed by atoms with E-state index in [1.165, 1.54) is 0 Å². The third-order valence-corrected chi connectivity index (χ3v) is 1.76. The van der Waals surface area contributed by atoms with E-state index < -0.39 is 0 Å². The fourth-order valence-electron chi connectivity index (χ4n) is 1.19. The minimum absolute atomic E-state index is 0.103. The SMILES string of the molecule is O=C1[C]=CC2C=CC=CC2O1. The van der Waals surface area contributed by atoms with Crippen LogP contribution in [-0.2, 0) is 9.53 Å². The van der Waals surface area contributed by atoms with Gasteiger partial charge < -0.3 is 4.74 Å². The van der Waals surface area contributed by atoms with Gasteiger partial charge in [0.1, 0.15) is 6.10 Å². The van der Waals surface area contributed by atoms with Gasteiger partial charge in [0.2, 0.25) is 0 Å². The fraction of sp³-hybridized carbons (Fsp3) is 0.222. The van der Waals surface area contributed by atoms with Crippen LogP contribution in [0.15, 0.2) is 30.4 Å². The molecule has 0 aromatic rings. The van der Waals surface area contributed by atoms with Crippen LogP contribution in [0.5, 0.6) is 0 Å². The van der Waals surface area contributed by atoms with Crippen LogP contribution in [0.2, 0.25) is 0 Å². The van der Waals surface area contributed by atoms with Gasteiger partial charge in [0, 0.05) is 5.92 Å². The number of esters is 1. The molecule has 11 heavy (non-hydrogen) atoms. The molecule has 0 saturated carbocycles. The average Bonchev–Trinajstić information content (AvgIpc) is 2.04. The van der Waals surface area contributed by atoms with E-state index in [4.69, 9.17) is 4.74 Å². The van der Waals surface area contributed by atoms with Crippen LogP contribution in [0.3, 0.4) is 0 Å². The highest BCUT2D eigenvalue weighted by Crippen LogP contribution is 2.20. The Kier molecular flexibility index (Phi) is 1.39. The number of carbonyl (C=O) groups is 1. The standard InChI is InChI=1S/C9H7O2/c10-9-6-5-7-3-1-2-4-8(7)11-9/h1-5,7-8H. The lowest BCUT2D eigenvalue weighted by Crippen LogP contribution is -2.27. The van der Waals surface area contributed by atoms with Gasteiger partial charge >= 0.3 is 5.97 Å². The van der Waals surface area contributed by atoms with Crippen LogP contribution < -0.4 is 0 Å². The van der Waals surface area contributed by atoms with E-state index in [2.05, 4.69) is 6.08 Å². The molecule has 0 bridgehead atoms. The minimum atomic E-state index is -0.369. The molecule has 2 rings (SSSR count). The van der Waals surface area contributed by atoms with Gasteiger partial charge in [0.25, 0.3) is 0 Å². The van der Waals surface area contributed by atoms with Gasteiger partial charge in [0.05, 0.1) is 6.08 Å². The van der Waals surface area contributed by atoms with Crippen LogP contribution in [0.1, 0.15) is 0 Å². The van der Waals surface area contributed by atoms with Crippen molar-refractivity contribution < 1.29 is 9.53 Å². The summed E-state index contributed by atoms with van der Waals surface area (Å²) in [6, 6.07) is 0. The Hall–Kier alpha value is -1.31. The topological polar surface area (TPSA) is 26.3 Å². The number of hydrogen-bond acceptors (Lipinski definition) is 2. The number of rotatable bonds is 0. The second kappa shape index (κ2) is 2.38. The number of carbonyl (C=O) groups excluding carboxylic acids is 1. The lowest BCUT2D eigenvalue weighted by Gasteiger charge is -2.23. The minimum Gasteiger partial charge on any atom is -0.454 e. The lowest BCUT2D eigenvalue weighted by atomic mass is 9.95. The Morgan fingerprint density at radius 2 is 2.18 bits per heavy atom. The molecule has 2 nitrogen and oxygen atoms in total. The molecule has 0 saturated heterocycles. The van der Waals surface area contributed by atoms with E-state index in [0.29, 0.717) is 0 Å². The Morgan fingerprint density at radius 3 is 3.09 bits per heavy atom. The van der Waals surface area contributed by atoms with E-state index in [9.17, 15) is 4.79 Å². The molecule has 1 radical (unpaired) electrons. The third-order valence-electron chi connectivity index (χ3n) is 1.76. The first-order chi connectivity index (χ1) is 5.36. The molecule has 2 atom stereocenters. The quantitative estimate of drug-likeness (QED) is 0.478. The van der Waals surface area contributed by atoms with Crippen LogP contribution in [0.4, 0.5) is 0 Å². The predicted octanol–water partition coefficient (Wildman–Crippen LogP) is 1.01. The molecule has 0 aromatic carbocycles. The highest BCUT2D eigenvalue weighted by atomic mass is 16.5. The van der Waals surface area contributed by atoms with Gasteiger partial charge in [-0.15, -0.1) is 0 Å². The van der Waals surface area contributed by atoms with Crippen molar-refractivity contribution in [3.8, 4) is 0 Å². The summed E-state index contributed by atoms with van der Waals surface area (Å²) in [5, 5.41) is 0. The molecular weight excluding hydrogens is 140 g/mol. The van der Waals surface area contributed by atoms with Crippen molar-refractivity contribution in [3.63, 3.8) is 0 Å².